The van der Waals surface area contributed by atoms with Crippen LogP contribution in [-0.4, -0.2) is 29.5 Å². The molecule has 3 heteroatoms. The van der Waals surface area contributed by atoms with Crippen molar-refractivity contribution in [1.29, 1.82) is 0 Å². The Balaban J connectivity index is 1.87. The lowest BCUT2D eigenvalue weighted by molar-refractivity contribution is 0.308. The number of benzene rings is 1. The second-order valence-electron chi connectivity index (χ2n) is 5.33. The molecular formula is C18H22N2S. The molecule has 0 radical (unpaired) electrons. The number of aromatic amines is 1. The van der Waals surface area contributed by atoms with Crippen LogP contribution in [0.3, 0.4) is 0 Å². The summed E-state index contributed by atoms with van der Waals surface area (Å²) in [6, 6.07) is 11.0. The Morgan fingerprint density at radius 1 is 1.14 bits per heavy atom. The highest BCUT2D eigenvalue weighted by Gasteiger charge is 2.08. The molecular weight excluding hydrogens is 276 g/mol. The normalized spacial score (nSPS) is 11.6. The van der Waals surface area contributed by atoms with E-state index in [2.05, 4.69) is 65.6 Å². The van der Waals surface area contributed by atoms with Crippen LogP contribution in [0.4, 0.5) is 0 Å². The van der Waals surface area contributed by atoms with Gasteiger partial charge in [0, 0.05) is 28.5 Å². The maximum atomic E-state index is 3.41. The molecule has 0 fully saturated rings. The molecule has 0 bridgehead atoms. The lowest BCUT2D eigenvalue weighted by atomic mass is 10.1. The van der Waals surface area contributed by atoms with E-state index in [-0.39, 0.29) is 0 Å². The van der Waals surface area contributed by atoms with E-state index in [4.69, 9.17) is 0 Å². The summed E-state index contributed by atoms with van der Waals surface area (Å²) in [5.74, 6) is 0. The first-order valence-corrected chi connectivity index (χ1v) is 8.56. The van der Waals surface area contributed by atoms with Gasteiger partial charge in [-0.05, 0) is 54.2 Å². The highest BCUT2D eigenvalue weighted by molar-refractivity contribution is 7.13. The number of hydrogen-bond acceptors (Lipinski definition) is 2. The maximum Gasteiger partial charge on any atom is 0.0457 e. The highest BCUT2D eigenvalue weighted by Crippen LogP contribution is 2.29. The predicted octanol–water partition coefficient (Wildman–Crippen LogP) is 4.78. The van der Waals surface area contributed by atoms with E-state index in [0.29, 0.717) is 0 Å². The predicted molar refractivity (Wildman–Crippen MR) is 93.1 cm³/mol. The minimum Gasteiger partial charge on any atom is -0.361 e. The molecule has 0 atom stereocenters. The Kier molecular flexibility index (Phi) is 4.42. The van der Waals surface area contributed by atoms with Crippen LogP contribution >= 0.6 is 11.3 Å². The number of fused-ring (bicyclic) bond motifs is 1. The molecule has 0 amide bonds. The number of aromatic nitrogens is 1. The number of hydrogen-bond donors (Lipinski definition) is 1. The van der Waals surface area contributed by atoms with Crippen LogP contribution in [0.5, 0.6) is 0 Å². The third-order valence-corrected chi connectivity index (χ3v) is 5.08. The van der Waals surface area contributed by atoms with Crippen molar-refractivity contribution in [2.24, 2.45) is 0 Å². The molecule has 2 nitrogen and oxygen atoms in total. The van der Waals surface area contributed by atoms with Crippen molar-refractivity contribution in [2.75, 3.05) is 19.6 Å². The number of rotatable bonds is 6. The average Bonchev–Trinajstić information content (AvgIpc) is 3.17. The Hall–Kier alpha value is -1.58. The fourth-order valence-electron chi connectivity index (χ4n) is 2.80. The molecule has 0 saturated heterocycles. The smallest absolute Gasteiger partial charge is 0.0457 e. The van der Waals surface area contributed by atoms with E-state index in [9.17, 15) is 0 Å². The molecule has 0 spiro atoms. The van der Waals surface area contributed by atoms with Gasteiger partial charge < -0.3 is 9.88 Å². The van der Waals surface area contributed by atoms with Crippen LogP contribution in [0.2, 0.25) is 0 Å². The quantitative estimate of drug-likeness (QED) is 0.694. The van der Waals surface area contributed by atoms with Crippen LogP contribution < -0.4 is 0 Å². The van der Waals surface area contributed by atoms with Gasteiger partial charge in [-0.1, -0.05) is 26.0 Å². The van der Waals surface area contributed by atoms with Gasteiger partial charge in [0.15, 0.2) is 0 Å². The molecule has 1 N–H and O–H groups in total. The Morgan fingerprint density at radius 2 is 2.00 bits per heavy atom. The van der Waals surface area contributed by atoms with E-state index < -0.39 is 0 Å². The van der Waals surface area contributed by atoms with E-state index in [1.807, 2.05) is 0 Å². The van der Waals surface area contributed by atoms with Crippen LogP contribution in [0, 0.1) is 0 Å². The van der Waals surface area contributed by atoms with Crippen molar-refractivity contribution in [3.8, 4) is 10.4 Å². The Labute approximate surface area is 130 Å². The third kappa shape index (κ3) is 3.04. The van der Waals surface area contributed by atoms with Gasteiger partial charge in [0.2, 0.25) is 0 Å². The van der Waals surface area contributed by atoms with Gasteiger partial charge in [0.05, 0.1) is 0 Å². The summed E-state index contributed by atoms with van der Waals surface area (Å²) in [7, 11) is 0. The molecule has 0 saturated carbocycles. The summed E-state index contributed by atoms with van der Waals surface area (Å²) in [4.78, 5) is 7.22. The van der Waals surface area contributed by atoms with Gasteiger partial charge in [-0.2, -0.15) is 0 Å². The van der Waals surface area contributed by atoms with Crippen molar-refractivity contribution >= 4 is 22.2 Å². The zero-order chi connectivity index (χ0) is 14.7. The zero-order valence-electron chi connectivity index (χ0n) is 12.7. The van der Waals surface area contributed by atoms with Crippen LogP contribution in [0.1, 0.15) is 19.4 Å². The van der Waals surface area contributed by atoms with Crippen LogP contribution in [-0.2, 0) is 6.42 Å². The molecule has 0 unspecified atom stereocenters. The molecule has 3 aromatic rings. The van der Waals surface area contributed by atoms with Gasteiger partial charge >= 0.3 is 0 Å². The van der Waals surface area contributed by atoms with Crippen molar-refractivity contribution in [2.45, 2.75) is 20.3 Å². The monoisotopic (exact) mass is 298 g/mol. The van der Waals surface area contributed by atoms with E-state index in [1.54, 1.807) is 11.3 Å². The molecule has 2 aromatic heterocycles. The SMILES string of the molecule is CCN(CC)CCc1c[nH]c2ccc(-c3cccs3)cc12. The molecule has 110 valence electrons. The second-order valence-corrected chi connectivity index (χ2v) is 6.28. The maximum absolute atomic E-state index is 3.41. The largest absolute Gasteiger partial charge is 0.361 e. The number of nitrogens with one attached hydrogen (secondary N) is 1. The molecule has 0 aliphatic rings. The Bertz CT molecular complexity index is 693. The highest BCUT2D eigenvalue weighted by atomic mass is 32.1. The zero-order valence-corrected chi connectivity index (χ0v) is 13.5. The third-order valence-electron chi connectivity index (χ3n) is 4.16. The minimum absolute atomic E-state index is 1.11. The summed E-state index contributed by atoms with van der Waals surface area (Å²) in [5.41, 5.74) is 3.99. The van der Waals surface area contributed by atoms with Crippen molar-refractivity contribution < 1.29 is 0 Å². The lowest BCUT2D eigenvalue weighted by Gasteiger charge is -2.17. The van der Waals surface area contributed by atoms with Crippen molar-refractivity contribution in [1.82, 2.24) is 9.88 Å². The number of nitrogens with zero attached hydrogens (tertiary/aromatic N) is 1. The summed E-state index contributed by atoms with van der Waals surface area (Å²) in [6.45, 7) is 7.84. The van der Waals surface area contributed by atoms with Crippen molar-refractivity contribution in [3.63, 3.8) is 0 Å². The minimum atomic E-state index is 1.11. The molecule has 2 heterocycles. The van der Waals surface area contributed by atoms with E-state index in [0.717, 1.165) is 26.1 Å². The Morgan fingerprint density at radius 3 is 2.71 bits per heavy atom. The second kappa shape index (κ2) is 6.46. The number of likely N-dealkylation sites (N-methyl/N-ethyl adjacent to an activating group) is 1. The van der Waals surface area contributed by atoms with Crippen molar-refractivity contribution in [3.05, 3.63) is 47.5 Å². The number of thiophene rings is 1. The van der Waals surface area contributed by atoms with Crippen LogP contribution in [0.25, 0.3) is 21.3 Å². The van der Waals surface area contributed by atoms with Gasteiger partial charge in [-0.15, -0.1) is 11.3 Å². The molecule has 21 heavy (non-hydrogen) atoms. The lowest BCUT2D eigenvalue weighted by Crippen LogP contribution is -2.25. The topological polar surface area (TPSA) is 19.0 Å². The van der Waals surface area contributed by atoms with Crippen LogP contribution in [0.15, 0.2) is 41.9 Å². The number of H-pyrrole nitrogens is 1. The standard InChI is InChI=1S/C18H22N2S/c1-3-20(4-2)10-9-15-13-19-17-8-7-14(12-16(15)17)18-6-5-11-21-18/h5-8,11-13,19H,3-4,9-10H2,1-2H3. The molecule has 0 aliphatic heterocycles. The van der Waals surface area contributed by atoms with Gasteiger partial charge in [-0.3, -0.25) is 0 Å². The van der Waals surface area contributed by atoms with E-state index in [1.165, 1.54) is 26.9 Å². The van der Waals surface area contributed by atoms with Gasteiger partial charge in [0.1, 0.15) is 0 Å². The summed E-state index contributed by atoms with van der Waals surface area (Å²) in [5, 5.41) is 3.51. The average molecular weight is 298 g/mol. The molecule has 1 aromatic carbocycles. The summed E-state index contributed by atoms with van der Waals surface area (Å²) >= 11 is 1.80. The molecule has 3 rings (SSSR count). The fourth-order valence-corrected chi connectivity index (χ4v) is 3.52. The van der Waals surface area contributed by atoms with Gasteiger partial charge in [-0.25, -0.2) is 0 Å². The first-order chi connectivity index (χ1) is 10.3. The summed E-state index contributed by atoms with van der Waals surface area (Å²) in [6.07, 6.45) is 3.28. The van der Waals surface area contributed by atoms with Gasteiger partial charge in [0.25, 0.3) is 0 Å². The summed E-state index contributed by atoms with van der Waals surface area (Å²) < 4.78 is 0. The fraction of sp³-hybridized carbons (Fsp3) is 0.333. The first kappa shape index (κ1) is 14.4. The molecule has 0 aliphatic carbocycles. The van der Waals surface area contributed by atoms with E-state index >= 15 is 0 Å². The first-order valence-electron chi connectivity index (χ1n) is 7.68.